The highest BCUT2D eigenvalue weighted by molar-refractivity contribution is 6.21. The molecule has 1 saturated carbocycles. The highest BCUT2D eigenvalue weighted by atomic mass is 16.2. The van der Waals surface area contributed by atoms with Crippen LogP contribution in [0.4, 0.5) is 0 Å². The molecule has 0 unspecified atom stereocenters. The minimum Gasteiger partial charge on any atom is -0.353 e. The third-order valence-corrected chi connectivity index (χ3v) is 4.45. The molecule has 3 N–H and O–H groups in total. The molecule has 6 heteroatoms. The fourth-order valence-corrected chi connectivity index (χ4v) is 3.13. The van der Waals surface area contributed by atoms with Crippen LogP contribution in [0.1, 0.15) is 46.4 Å². The second-order valence-electron chi connectivity index (χ2n) is 5.93. The number of carbonyl (C=O) groups is 3. The van der Waals surface area contributed by atoms with Gasteiger partial charge in [-0.3, -0.25) is 19.3 Å². The molecule has 2 aliphatic rings. The summed E-state index contributed by atoms with van der Waals surface area (Å²) in [6.07, 6.45) is 3.29. The van der Waals surface area contributed by atoms with Crippen LogP contribution in [0, 0.1) is 0 Å². The van der Waals surface area contributed by atoms with Crippen LogP contribution in [0.15, 0.2) is 24.3 Å². The average Bonchev–Trinajstić information content (AvgIpc) is 3.06. The summed E-state index contributed by atoms with van der Waals surface area (Å²) in [6.45, 7) is 0.386. The maximum atomic E-state index is 12.2. The lowest BCUT2D eigenvalue weighted by Gasteiger charge is -2.23. The normalized spacial score (nSPS) is 19.4. The monoisotopic (exact) mass is 301 g/mol. The number of benzene rings is 1. The Bertz CT molecular complexity index is 600. The zero-order valence-electron chi connectivity index (χ0n) is 12.3. The summed E-state index contributed by atoms with van der Waals surface area (Å²) in [5, 5.41) is 2.75. The van der Waals surface area contributed by atoms with Crippen LogP contribution < -0.4 is 11.1 Å². The van der Waals surface area contributed by atoms with Gasteiger partial charge in [-0.2, -0.15) is 0 Å². The molecule has 0 spiro atoms. The number of hydrogen-bond acceptors (Lipinski definition) is 4. The Kier molecular flexibility index (Phi) is 3.70. The third kappa shape index (κ3) is 2.39. The van der Waals surface area contributed by atoms with E-state index in [2.05, 4.69) is 5.32 Å². The number of rotatable bonds is 4. The molecule has 0 bridgehead atoms. The van der Waals surface area contributed by atoms with Crippen molar-refractivity contribution in [2.75, 3.05) is 13.1 Å². The topological polar surface area (TPSA) is 92.5 Å². The van der Waals surface area contributed by atoms with E-state index in [1.807, 2.05) is 0 Å². The lowest BCUT2D eigenvalue weighted by atomic mass is 9.98. The van der Waals surface area contributed by atoms with Gasteiger partial charge in [0.25, 0.3) is 11.8 Å². The number of imide groups is 1. The fourth-order valence-electron chi connectivity index (χ4n) is 3.13. The van der Waals surface area contributed by atoms with E-state index in [0.717, 1.165) is 12.8 Å². The molecule has 0 saturated heterocycles. The molecule has 1 aliphatic heterocycles. The van der Waals surface area contributed by atoms with Crippen molar-refractivity contribution < 1.29 is 14.4 Å². The smallest absolute Gasteiger partial charge is 0.261 e. The van der Waals surface area contributed by atoms with Crippen LogP contribution >= 0.6 is 0 Å². The molecular formula is C16H19N3O3. The van der Waals surface area contributed by atoms with Crippen molar-refractivity contribution in [3.8, 4) is 0 Å². The largest absolute Gasteiger partial charge is 0.353 e. The van der Waals surface area contributed by atoms with E-state index in [9.17, 15) is 14.4 Å². The Balaban J connectivity index is 1.58. The number of carbonyl (C=O) groups excluding carboxylic acids is 3. The molecule has 116 valence electrons. The molecule has 0 aromatic heterocycles. The number of fused-ring (bicyclic) bond motifs is 1. The maximum absolute atomic E-state index is 12.2. The van der Waals surface area contributed by atoms with Crippen LogP contribution in [0.5, 0.6) is 0 Å². The van der Waals surface area contributed by atoms with E-state index >= 15 is 0 Å². The predicted octanol–water partition coefficient (Wildman–Crippen LogP) is 0.670. The van der Waals surface area contributed by atoms with Crippen molar-refractivity contribution in [2.24, 2.45) is 5.73 Å². The molecule has 3 rings (SSSR count). The van der Waals surface area contributed by atoms with Crippen molar-refractivity contribution in [3.63, 3.8) is 0 Å². The summed E-state index contributed by atoms with van der Waals surface area (Å²) in [4.78, 5) is 37.6. The minimum atomic E-state index is -0.790. The van der Waals surface area contributed by atoms with Crippen LogP contribution in [0.3, 0.4) is 0 Å². The zero-order chi connectivity index (χ0) is 15.7. The molecule has 0 atom stereocenters. The van der Waals surface area contributed by atoms with Gasteiger partial charge in [0.05, 0.1) is 16.7 Å². The molecule has 1 aromatic rings. The number of nitrogens with two attached hydrogens (primary N) is 1. The van der Waals surface area contributed by atoms with Crippen molar-refractivity contribution in [2.45, 2.75) is 31.2 Å². The van der Waals surface area contributed by atoms with E-state index < -0.39 is 5.54 Å². The molecule has 1 heterocycles. The molecule has 0 radical (unpaired) electrons. The van der Waals surface area contributed by atoms with Gasteiger partial charge in [-0.05, 0) is 25.0 Å². The molecule has 6 nitrogen and oxygen atoms in total. The number of nitrogens with zero attached hydrogens (tertiary/aromatic N) is 1. The highest BCUT2D eigenvalue weighted by Gasteiger charge is 2.38. The highest BCUT2D eigenvalue weighted by Crippen LogP contribution is 2.27. The maximum Gasteiger partial charge on any atom is 0.261 e. The summed E-state index contributed by atoms with van der Waals surface area (Å²) in [5.74, 6) is -0.807. The number of amides is 3. The molecule has 3 amide bonds. The molecule has 1 aromatic carbocycles. The molecule has 1 aliphatic carbocycles. The van der Waals surface area contributed by atoms with E-state index in [0.29, 0.717) is 24.0 Å². The standard InChI is InChI=1S/C16H19N3O3/c17-16(7-3-4-8-16)15(22)18-9-10-19-13(20)11-5-1-2-6-12(11)14(19)21/h1-2,5-6H,3-4,7-10,17H2,(H,18,22). The van der Waals surface area contributed by atoms with E-state index in [4.69, 9.17) is 5.73 Å². The number of hydrogen-bond donors (Lipinski definition) is 2. The number of nitrogens with one attached hydrogen (secondary N) is 1. The summed E-state index contributed by atoms with van der Waals surface area (Å²) < 4.78 is 0. The van der Waals surface area contributed by atoms with Crippen molar-refractivity contribution >= 4 is 17.7 Å². The summed E-state index contributed by atoms with van der Waals surface area (Å²) in [5.41, 5.74) is 6.11. The zero-order valence-corrected chi connectivity index (χ0v) is 12.3. The summed E-state index contributed by atoms with van der Waals surface area (Å²) >= 11 is 0. The Morgan fingerprint density at radius 2 is 1.68 bits per heavy atom. The van der Waals surface area contributed by atoms with Crippen LogP contribution in [-0.4, -0.2) is 41.2 Å². The first-order valence-corrected chi connectivity index (χ1v) is 7.55. The molecular weight excluding hydrogens is 282 g/mol. The van der Waals surface area contributed by atoms with Crippen LogP contribution in [0.25, 0.3) is 0 Å². The van der Waals surface area contributed by atoms with Gasteiger partial charge in [0, 0.05) is 13.1 Å². The first-order chi connectivity index (χ1) is 10.5. The lowest BCUT2D eigenvalue weighted by molar-refractivity contribution is -0.126. The van der Waals surface area contributed by atoms with Gasteiger partial charge in [0.15, 0.2) is 0 Å². The second-order valence-corrected chi connectivity index (χ2v) is 5.93. The Morgan fingerprint density at radius 1 is 1.14 bits per heavy atom. The van der Waals surface area contributed by atoms with Gasteiger partial charge < -0.3 is 11.1 Å². The van der Waals surface area contributed by atoms with Crippen molar-refractivity contribution in [1.29, 1.82) is 0 Å². The SMILES string of the molecule is NC1(C(=O)NCCN2C(=O)c3ccccc3C2=O)CCCC1. The second kappa shape index (κ2) is 5.53. The predicted molar refractivity (Wildman–Crippen MR) is 80.2 cm³/mol. The van der Waals surface area contributed by atoms with Crippen molar-refractivity contribution in [3.05, 3.63) is 35.4 Å². The average molecular weight is 301 g/mol. The van der Waals surface area contributed by atoms with Crippen LogP contribution in [-0.2, 0) is 4.79 Å². The molecule has 1 fully saturated rings. The first kappa shape index (κ1) is 14.7. The fraction of sp³-hybridized carbons (Fsp3) is 0.438. The Hall–Kier alpha value is -2.21. The summed E-state index contributed by atoms with van der Waals surface area (Å²) in [6, 6.07) is 6.74. The minimum absolute atomic E-state index is 0.161. The Morgan fingerprint density at radius 3 is 2.23 bits per heavy atom. The molecule has 22 heavy (non-hydrogen) atoms. The first-order valence-electron chi connectivity index (χ1n) is 7.55. The van der Waals surface area contributed by atoms with Gasteiger partial charge in [-0.1, -0.05) is 25.0 Å². The third-order valence-electron chi connectivity index (χ3n) is 4.45. The Labute approximate surface area is 128 Å². The van der Waals surface area contributed by atoms with E-state index in [1.165, 1.54) is 4.90 Å². The van der Waals surface area contributed by atoms with Gasteiger partial charge in [0.2, 0.25) is 5.91 Å². The van der Waals surface area contributed by atoms with Crippen molar-refractivity contribution in [1.82, 2.24) is 10.2 Å². The quantitative estimate of drug-likeness (QED) is 0.799. The van der Waals surface area contributed by atoms with E-state index in [1.54, 1.807) is 24.3 Å². The van der Waals surface area contributed by atoms with Gasteiger partial charge in [0.1, 0.15) is 0 Å². The summed E-state index contributed by atoms with van der Waals surface area (Å²) in [7, 11) is 0. The lowest BCUT2D eigenvalue weighted by Crippen LogP contribution is -2.53. The van der Waals surface area contributed by atoms with Gasteiger partial charge in [-0.25, -0.2) is 0 Å². The van der Waals surface area contributed by atoms with Crippen LogP contribution in [0.2, 0.25) is 0 Å². The van der Waals surface area contributed by atoms with E-state index in [-0.39, 0.29) is 30.8 Å². The van der Waals surface area contributed by atoms with Gasteiger partial charge >= 0.3 is 0 Å². The van der Waals surface area contributed by atoms with Gasteiger partial charge in [-0.15, -0.1) is 0 Å².